The van der Waals surface area contributed by atoms with Crippen molar-refractivity contribution in [3.8, 4) is 0 Å². The minimum absolute atomic E-state index is 0.0807. The molecule has 1 saturated carbocycles. The first kappa shape index (κ1) is 16.8. The molecule has 24 heavy (non-hydrogen) atoms. The van der Waals surface area contributed by atoms with Gasteiger partial charge >= 0.3 is 12.0 Å². The summed E-state index contributed by atoms with van der Waals surface area (Å²) in [5, 5.41) is 0. The first-order valence-corrected chi connectivity index (χ1v) is 8.74. The van der Waals surface area contributed by atoms with Crippen molar-refractivity contribution in [1.82, 2.24) is 4.90 Å². The van der Waals surface area contributed by atoms with Gasteiger partial charge in [0.2, 0.25) is 0 Å². The van der Waals surface area contributed by atoms with E-state index in [-0.39, 0.29) is 18.6 Å². The fourth-order valence-corrected chi connectivity index (χ4v) is 4.00. The number of rotatable bonds is 4. The van der Waals surface area contributed by atoms with Crippen LogP contribution in [0.25, 0.3) is 0 Å². The summed E-state index contributed by atoms with van der Waals surface area (Å²) in [6, 6.07) is 5.80. The van der Waals surface area contributed by atoms with Crippen molar-refractivity contribution in [3.63, 3.8) is 0 Å². The number of carbonyl (C=O) groups is 2. The zero-order valence-electron chi connectivity index (χ0n) is 14.5. The number of nitrogens with two attached hydrogens (primary N) is 1. The fourth-order valence-electron chi connectivity index (χ4n) is 4.00. The lowest BCUT2D eigenvalue weighted by molar-refractivity contribution is -0.155. The smallest absolute Gasteiger partial charge is 0.316 e. The van der Waals surface area contributed by atoms with E-state index in [0.29, 0.717) is 6.54 Å². The molecule has 1 atom stereocenters. The molecule has 1 unspecified atom stereocenters. The molecule has 1 aromatic rings. The Balaban J connectivity index is 1.71. The van der Waals surface area contributed by atoms with Crippen molar-refractivity contribution in [3.05, 3.63) is 34.9 Å². The summed E-state index contributed by atoms with van der Waals surface area (Å²) < 4.78 is 5.66. The normalized spacial score (nSPS) is 22.1. The zero-order chi connectivity index (χ0) is 17.3. The van der Waals surface area contributed by atoms with Crippen LogP contribution in [0.3, 0.4) is 0 Å². The summed E-state index contributed by atoms with van der Waals surface area (Å²) in [7, 11) is 0. The van der Waals surface area contributed by atoms with Crippen molar-refractivity contribution in [1.29, 1.82) is 0 Å². The molecular formula is C19H26N2O3. The molecule has 2 aliphatic rings. The van der Waals surface area contributed by atoms with E-state index >= 15 is 0 Å². The highest BCUT2D eigenvalue weighted by molar-refractivity contribution is 5.84. The van der Waals surface area contributed by atoms with Gasteiger partial charge in [0.1, 0.15) is 6.61 Å². The van der Waals surface area contributed by atoms with Gasteiger partial charge in [0.25, 0.3) is 0 Å². The molecular weight excluding hydrogens is 304 g/mol. The first-order chi connectivity index (χ1) is 11.4. The summed E-state index contributed by atoms with van der Waals surface area (Å²) in [5.41, 5.74) is 8.28. The van der Waals surface area contributed by atoms with Gasteiger partial charge in [-0.05, 0) is 45.1 Å². The summed E-state index contributed by atoms with van der Waals surface area (Å²) in [4.78, 5) is 25.9. The van der Waals surface area contributed by atoms with Crippen molar-refractivity contribution in [2.45, 2.75) is 57.4 Å². The van der Waals surface area contributed by atoms with Gasteiger partial charge in [-0.25, -0.2) is 4.79 Å². The number of nitrogens with zero attached hydrogens (tertiary/aromatic N) is 1. The van der Waals surface area contributed by atoms with Crippen molar-refractivity contribution >= 4 is 12.0 Å². The molecule has 2 amide bonds. The Morgan fingerprint density at radius 3 is 2.42 bits per heavy atom. The predicted molar refractivity (Wildman–Crippen MR) is 91.7 cm³/mol. The van der Waals surface area contributed by atoms with Gasteiger partial charge in [-0.1, -0.05) is 35.7 Å². The Bertz CT molecular complexity index is 632. The molecule has 1 saturated heterocycles. The summed E-state index contributed by atoms with van der Waals surface area (Å²) >= 11 is 0. The van der Waals surface area contributed by atoms with Gasteiger partial charge in [-0.2, -0.15) is 0 Å². The third-order valence-electron chi connectivity index (χ3n) is 5.44. The lowest BCUT2D eigenvalue weighted by Gasteiger charge is -2.40. The Kier molecular flexibility index (Phi) is 4.52. The lowest BCUT2D eigenvalue weighted by atomic mass is 9.64. The van der Waals surface area contributed by atoms with E-state index in [1.807, 2.05) is 0 Å². The van der Waals surface area contributed by atoms with Crippen LogP contribution in [-0.2, 0) is 14.9 Å². The molecule has 1 aliphatic carbocycles. The molecule has 0 radical (unpaired) electrons. The minimum atomic E-state index is -0.507. The summed E-state index contributed by atoms with van der Waals surface area (Å²) in [6.07, 6.45) is 4.46. The number of urea groups is 1. The molecule has 0 aromatic heterocycles. The Hall–Kier alpha value is -2.04. The number of carbonyl (C=O) groups excluding carboxylic acids is 2. The van der Waals surface area contributed by atoms with E-state index < -0.39 is 11.4 Å². The average Bonchev–Trinajstić information content (AvgIpc) is 2.91. The maximum absolute atomic E-state index is 12.8. The highest BCUT2D eigenvalue weighted by Crippen LogP contribution is 2.45. The molecule has 1 heterocycles. The number of hydrogen-bond donors (Lipinski definition) is 1. The van der Waals surface area contributed by atoms with Gasteiger partial charge in [-0.15, -0.1) is 0 Å². The highest BCUT2D eigenvalue weighted by atomic mass is 16.5. The van der Waals surface area contributed by atoms with E-state index in [4.69, 9.17) is 10.5 Å². The third kappa shape index (κ3) is 2.99. The predicted octanol–water partition coefficient (Wildman–Crippen LogP) is 2.81. The second-order valence-corrected chi connectivity index (χ2v) is 7.24. The van der Waals surface area contributed by atoms with Crippen LogP contribution in [-0.4, -0.2) is 36.1 Å². The van der Waals surface area contributed by atoms with Crippen LogP contribution in [0, 0.1) is 13.8 Å². The number of hydrogen-bond acceptors (Lipinski definition) is 3. The van der Waals surface area contributed by atoms with Gasteiger partial charge in [0, 0.05) is 6.54 Å². The number of aryl methyl sites for hydroxylation is 2. The van der Waals surface area contributed by atoms with E-state index in [0.717, 1.165) is 37.7 Å². The highest BCUT2D eigenvalue weighted by Gasteiger charge is 2.47. The van der Waals surface area contributed by atoms with Gasteiger partial charge < -0.3 is 15.4 Å². The lowest BCUT2D eigenvalue weighted by Crippen LogP contribution is -2.46. The number of amides is 2. The molecule has 5 nitrogen and oxygen atoms in total. The van der Waals surface area contributed by atoms with Crippen molar-refractivity contribution in [2.24, 2.45) is 5.73 Å². The molecule has 0 spiro atoms. The third-order valence-corrected chi connectivity index (χ3v) is 5.44. The van der Waals surface area contributed by atoms with Crippen LogP contribution in [0.1, 0.15) is 48.8 Å². The van der Waals surface area contributed by atoms with Crippen LogP contribution >= 0.6 is 0 Å². The van der Waals surface area contributed by atoms with Crippen LogP contribution < -0.4 is 5.73 Å². The minimum Gasteiger partial charge on any atom is -0.463 e. The van der Waals surface area contributed by atoms with E-state index in [9.17, 15) is 9.59 Å². The number of ether oxygens (including phenoxy) is 1. The quantitative estimate of drug-likeness (QED) is 0.863. The summed E-state index contributed by atoms with van der Waals surface area (Å²) in [5.74, 6) is -0.157. The Labute approximate surface area is 143 Å². The van der Waals surface area contributed by atoms with E-state index in [1.165, 1.54) is 11.1 Å². The molecule has 0 bridgehead atoms. The standard InChI is InChI=1S/C19H26N2O3/c1-13-9-14(2)11-15(10-13)19(6-4-7-19)17(22)24-12-16-5-3-8-21(16)18(20)23/h9-11,16H,3-8,12H2,1-2H3,(H2,20,23). The van der Waals surface area contributed by atoms with Gasteiger partial charge in [0.05, 0.1) is 11.5 Å². The monoisotopic (exact) mass is 330 g/mol. The zero-order valence-corrected chi connectivity index (χ0v) is 14.5. The summed E-state index contributed by atoms with van der Waals surface area (Å²) in [6.45, 7) is 5.00. The average molecular weight is 330 g/mol. The second kappa shape index (κ2) is 6.46. The number of likely N-dealkylation sites (tertiary alicyclic amines) is 1. The van der Waals surface area contributed by atoms with Crippen LogP contribution in [0.5, 0.6) is 0 Å². The van der Waals surface area contributed by atoms with E-state index in [2.05, 4.69) is 32.0 Å². The Morgan fingerprint density at radius 1 is 1.21 bits per heavy atom. The molecule has 2 fully saturated rings. The van der Waals surface area contributed by atoms with Crippen LogP contribution in [0.15, 0.2) is 18.2 Å². The molecule has 3 rings (SSSR count). The van der Waals surface area contributed by atoms with Gasteiger partial charge in [-0.3, -0.25) is 4.79 Å². The Morgan fingerprint density at radius 2 is 1.88 bits per heavy atom. The maximum atomic E-state index is 12.8. The SMILES string of the molecule is Cc1cc(C)cc(C2(C(=O)OCC3CCCN3C(N)=O)CCC2)c1. The van der Waals surface area contributed by atoms with Crippen LogP contribution in [0.4, 0.5) is 4.79 Å². The molecule has 2 N–H and O–H groups in total. The molecule has 1 aromatic carbocycles. The largest absolute Gasteiger partial charge is 0.463 e. The van der Waals surface area contributed by atoms with E-state index in [1.54, 1.807) is 4.90 Å². The second-order valence-electron chi connectivity index (χ2n) is 7.24. The number of esters is 1. The first-order valence-electron chi connectivity index (χ1n) is 8.74. The topological polar surface area (TPSA) is 72.6 Å². The molecule has 130 valence electrons. The molecule has 5 heteroatoms. The van der Waals surface area contributed by atoms with Crippen LogP contribution in [0.2, 0.25) is 0 Å². The van der Waals surface area contributed by atoms with Crippen molar-refractivity contribution in [2.75, 3.05) is 13.2 Å². The number of primary amides is 1. The maximum Gasteiger partial charge on any atom is 0.316 e. The van der Waals surface area contributed by atoms with Gasteiger partial charge in [0.15, 0.2) is 0 Å². The van der Waals surface area contributed by atoms with Crippen molar-refractivity contribution < 1.29 is 14.3 Å². The molecule has 1 aliphatic heterocycles. The number of benzene rings is 1. The fraction of sp³-hybridized carbons (Fsp3) is 0.579.